The average molecular weight is 200 g/mol. The predicted octanol–water partition coefficient (Wildman–Crippen LogP) is 3.33. The summed E-state index contributed by atoms with van der Waals surface area (Å²) in [6.07, 6.45) is 1.92. The van der Waals surface area contributed by atoms with Gasteiger partial charge in [0.2, 0.25) is 0 Å². The molecule has 0 fully saturated rings. The van der Waals surface area contributed by atoms with E-state index < -0.39 is 0 Å². The van der Waals surface area contributed by atoms with Crippen molar-refractivity contribution in [3.63, 3.8) is 0 Å². The van der Waals surface area contributed by atoms with Crippen molar-refractivity contribution in [2.24, 2.45) is 0 Å². The van der Waals surface area contributed by atoms with Crippen LogP contribution < -0.4 is 4.74 Å². The van der Waals surface area contributed by atoms with Crippen molar-refractivity contribution < 1.29 is 9.13 Å². The zero-order chi connectivity index (χ0) is 9.84. The minimum Gasteiger partial charge on any atom is -0.488 e. The lowest BCUT2D eigenvalue weighted by atomic mass is 10.3. The highest BCUT2D eigenvalue weighted by molar-refractivity contribution is 7.98. The van der Waals surface area contributed by atoms with Gasteiger partial charge in [-0.25, -0.2) is 4.39 Å². The van der Waals surface area contributed by atoms with Crippen LogP contribution in [0.2, 0.25) is 0 Å². The fourth-order valence-corrected chi connectivity index (χ4v) is 1.38. The molecule has 0 saturated heterocycles. The van der Waals surface area contributed by atoms with Gasteiger partial charge in [0.05, 0.1) is 6.10 Å². The van der Waals surface area contributed by atoms with Crippen LogP contribution in [0.5, 0.6) is 5.75 Å². The first kappa shape index (κ1) is 10.4. The van der Waals surface area contributed by atoms with E-state index in [-0.39, 0.29) is 11.9 Å². The smallest absolute Gasteiger partial charge is 0.166 e. The molecule has 0 aromatic heterocycles. The SMILES string of the molecule is CSc1ccc(OC(C)C)c(F)c1. The van der Waals surface area contributed by atoms with Gasteiger partial charge in [-0.05, 0) is 38.3 Å². The standard InChI is InChI=1S/C10H13FOS/c1-7(2)12-10-5-4-8(13-3)6-9(10)11/h4-7H,1-3H3. The molecule has 0 aliphatic rings. The first-order chi connectivity index (χ1) is 6.13. The van der Waals surface area contributed by atoms with Crippen LogP contribution in [0.15, 0.2) is 23.1 Å². The summed E-state index contributed by atoms with van der Waals surface area (Å²) in [5.41, 5.74) is 0. The molecule has 3 heteroatoms. The first-order valence-electron chi connectivity index (χ1n) is 4.13. The molecule has 13 heavy (non-hydrogen) atoms. The Bertz CT molecular complexity index is 286. The normalized spacial score (nSPS) is 10.5. The third-order valence-corrected chi connectivity index (χ3v) is 2.23. The lowest BCUT2D eigenvalue weighted by Gasteiger charge is -2.10. The Hall–Kier alpha value is -0.700. The highest BCUT2D eigenvalue weighted by atomic mass is 32.2. The molecule has 0 bridgehead atoms. The molecule has 0 unspecified atom stereocenters. The van der Waals surface area contributed by atoms with Gasteiger partial charge in [-0.3, -0.25) is 0 Å². The minimum atomic E-state index is -0.291. The minimum absolute atomic E-state index is 0.00892. The third kappa shape index (κ3) is 2.92. The molecular weight excluding hydrogens is 187 g/mol. The van der Waals surface area contributed by atoms with Gasteiger partial charge in [-0.1, -0.05) is 0 Å². The van der Waals surface area contributed by atoms with Gasteiger partial charge in [-0.15, -0.1) is 11.8 Å². The van der Waals surface area contributed by atoms with E-state index in [4.69, 9.17) is 4.74 Å². The topological polar surface area (TPSA) is 9.23 Å². The second kappa shape index (κ2) is 4.51. The maximum atomic E-state index is 13.3. The van der Waals surface area contributed by atoms with E-state index in [1.807, 2.05) is 26.2 Å². The monoisotopic (exact) mass is 200 g/mol. The molecule has 72 valence electrons. The number of benzene rings is 1. The summed E-state index contributed by atoms with van der Waals surface area (Å²) in [6.45, 7) is 3.75. The Morgan fingerprint density at radius 2 is 2.08 bits per heavy atom. The molecular formula is C10H13FOS. The van der Waals surface area contributed by atoms with Crippen LogP contribution in [0.3, 0.4) is 0 Å². The molecule has 1 aromatic carbocycles. The summed E-state index contributed by atoms with van der Waals surface area (Å²) in [6, 6.07) is 5.01. The molecule has 0 amide bonds. The summed E-state index contributed by atoms with van der Waals surface area (Å²) in [4.78, 5) is 0.911. The molecule has 0 aliphatic heterocycles. The van der Waals surface area contributed by atoms with Gasteiger partial charge >= 0.3 is 0 Å². The van der Waals surface area contributed by atoms with E-state index >= 15 is 0 Å². The van der Waals surface area contributed by atoms with Gasteiger partial charge < -0.3 is 4.74 Å². The van der Waals surface area contributed by atoms with Crippen molar-refractivity contribution in [3.8, 4) is 5.75 Å². The van der Waals surface area contributed by atoms with Gasteiger partial charge in [0.25, 0.3) is 0 Å². The van der Waals surface area contributed by atoms with E-state index in [1.54, 1.807) is 6.07 Å². The van der Waals surface area contributed by atoms with Gasteiger partial charge in [0.15, 0.2) is 11.6 Å². The van der Waals surface area contributed by atoms with Crippen molar-refractivity contribution in [1.29, 1.82) is 0 Å². The molecule has 0 N–H and O–H groups in total. The Morgan fingerprint density at radius 1 is 1.38 bits per heavy atom. The maximum absolute atomic E-state index is 13.3. The summed E-state index contributed by atoms with van der Waals surface area (Å²) in [7, 11) is 0. The van der Waals surface area contributed by atoms with E-state index in [0.717, 1.165) is 4.90 Å². The molecule has 0 spiro atoms. The van der Waals surface area contributed by atoms with Crippen LogP contribution in [-0.4, -0.2) is 12.4 Å². The van der Waals surface area contributed by atoms with Crippen LogP contribution in [0.4, 0.5) is 4.39 Å². The fraction of sp³-hybridized carbons (Fsp3) is 0.400. The summed E-state index contributed by atoms with van der Waals surface area (Å²) in [5.74, 6) is 0.0355. The Labute approximate surface area is 82.3 Å². The number of halogens is 1. The van der Waals surface area contributed by atoms with E-state index in [9.17, 15) is 4.39 Å². The average Bonchev–Trinajstić information content (AvgIpc) is 2.08. The summed E-state index contributed by atoms with van der Waals surface area (Å²) in [5, 5.41) is 0. The molecule has 0 aliphatic carbocycles. The fourth-order valence-electron chi connectivity index (χ4n) is 0.958. The van der Waals surface area contributed by atoms with Crippen LogP contribution in [0.25, 0.3) is 0 Å². The zero-order valence-corrected chi connectivity index (χ0v) is 8.82. The van der Waals surface area contributed by atoms with E-state index in [2.05, 4.69) is 0 Å². The molecule has 0 heterocycles. The Balaban J connectivity index is 2.85. The largest absolute Gasteiger partial charge is 0.488 e. The Kier molecular flexibility index (Phi) is 3.60. The number of thioether (sulfide) groups is 1. The molecule has 1 nitrogen and oxygen atoms in total. The molecule has 0 radical (unpaired) electrons. The van der Waals surface area contributed by atoms with Crippen molar-refractivity contribution in [2.75, 3.05) is 6.26 Å². The van der Waals surface area contributed by atoms with Gasteiger partial charge in [-0.2, -0.15) is 0 Å². The Morgan fingerprint density at radius 3 is 2.54 bits per heavy atom. The van der Waals surface area contributed by atoms with Crippen molar-refractivity contribution in [2.45, 2.75) is 24.8 Å². The first-order valence-corrected chi connectivity index (χ1v) is 5.36. The van der Waals surface area contributed by atoms with E-state index in [0.29, 0.717) is 5.75 Å². The maximum Gasteiger partial charge on any atom is 0.166 e. The second-order valence-electron chi connectivity index (χ2n) is 2.96. The molecule has 1 rings (SSSR count). The second-order valence-corrected chi connectivity index (χ2v) is 3.84. The third-order valence-electron chi connectivity index (χ3n) is 1.50. The van der Waals surface area contributed by atoms with Crippen molar-refractivity contribution in [1.82, 2.24) is 0 Å². The quantitative estimate of drug-likeness (QED) is 0.692. The number of hydrogen-bond donors (Lipinski definition) is 0. The van der Waals surface area contributed by atoms with Crippen molar-refractivity contribution >= 4 is 11.8 Å². The number of ether oxygens (including phenoxy) is 1. The molecule has 1 aromatic rings. The number of rotatable bonds is 3. The molecule has 0 atom stereocenters. The van der Waals surface area contributed by atoms with Crippen molar-refractivity contribution in [3.05, 3.63) is 24.0 Å². The summed E-state index contributed by atoms with van der Waals surface area (Å²) < 4.78 is 18.5. The lowest BCUT2D eigenvalue weighted by Crippen LogP contribution is -2.06. The lowest BCUT2D eigenvalue weighted by molar-refractivity contribution is 0.231. The van der Waals surface area contributed by atoms with E-state index in [1.165, 1.54) is 17.8 Å². The van der Waals surface area contributed by atoms with Crippen LogP contribution in [0.1, 0.15) is 13.8 Å². The highest BCUT2D eigenvalue weighted by Gasteiger charge is 2.05. The molecule has 0 saturated carbocycles. The number of hydrogen-bond acceptors (Lipinski definition) is 2. The van der Waals surface area contributed by atoms with Gasteiger partial charge in [0, 0.05) is 4.90 Å². The highest BCUT2D eigenvalue weighted by Crippen LogP contribution is 2.23. The van der Waals surface area contributed by atoms with Crippen LogP contribution in [-0.2, 0) is 0 Å². The van der Waals surface area contributed by atoms with Crippen LogP contribution >= 0.6 is 11.8 Å². The summed E-state index contributed by atoms with van der Waals surface area (Å²) >= 11 is 1.51. The van der Waals surface area contributed by atoms with Crippen LogP contribution in [0, 0.1) is 5.82 Å². The predicted molar refractivity (Wildman–Crippen MR) is 53.9 cm³/mol. The van der Waals surface area contributed by atoms with Gasteiger partial charge in [0.1, 0.15) is 0 Å². The zero-order valence-electron chi connectivity index (χ0n) is 8.00.